The highest BCUT2D eigenvalue weighted by Gasteiger charge is 2.11. The zero-order valence-electron chi connectivity index (χ0n) is 11.9. The number of carbonyl (C=O) groups is 1. The molecule has 3 nitrogen and oxygen atoms in total. The summed E-state index contributed by atoms with van der Waals surface area (Å²) in [6.45, 7) is 3.61. The van der Waals surface area contributed by atoms with E-state index in [9.17, 15) is 4.79 Å². The van der Waals surface area contributed by atoms with Crippen LogP contribution in [0.4, 0.5) is 0 Å². The molecule has 1 heterocycles. The molecule has 0 unspecified atom stereocenters. The third-order valence-electron chi connectivity index (χ3n) is 3.07. The highest BCUT2D eigenvalue weighted by Crippen LogP contribution is 2.29. The molecular formula is C16H18ClNO2S. The van der Waals surface area contributed by atoms with Gasteiger partial charge in [0.15, 0.2) is 0 Å². The molecule has 0 atom stereocenters. The second kappa shape index (κ2) is 7.59. The topological polar surface area (TPSA) is 40.5 Å². The molecule has 0 saturated heterocycles. The number of nitrogens with zero attached hydrogens (tertiary/aromatic N) is 1. The molecule has 2 rings (SSSR count). The zero-order chi connectivity index (χ0) is 15.2. The highest BCUT2D eigenvalue weighted by molar-refractivity contribution is 7.15. The Morgan fingerprint density at radius 3 is 2.57 bits per heavy atom. The largest absolute Gasteiger partial charge is 0.480 e. The predicted molar refractivity (Wildman–Crippen MR) is 88.0 cm³/mol. The van der Waals surface area contributed by atoms with E-state index in [1.54, 1.807) is 11.3 Å². The quantitative estimate of drug-likeness (QED) is 0.822. The molecule has 1 aromatic carbocycles. The molecule has 0 spiro atoms. The van der Waals surface area contributed by atoms with Crippen LogP contribution in [-0.2, 0) is 11.3 Å². The van der Waals surface area contributed by atoms with Crippen LogP contribution >= 0.6 is 22.9 Å². The molecule has 5 heteroatoms. The van der Waals surface area contributed by atoms with Crippen molar-refractivity contribution in [3.63, 3.8) is 0 Å². The molecule has 0 radical (unpaired) electrons. The predicted octanol–water partition coefficient (Wildman–Crippen LogP) is 4.37. The minimum absolute atomic E-state index is 0.0853. The van der Waals surface area contributed by atoms with Gasteiger partial charge < -0.3 is 5.11 Å². The van der Waals surface area contributed by atoms with E-state index in [0.29, 0.717) is 6.54 Å². The lowest BCUT2D eigenvalue weighted by atomic mass is 10.2. The van der Waals surface area contributed by atoms with Gasteiger partial charge in [-0.15, -0.1) is 11.3 Å². The third kappa shape index (κ3) is 4.84. The maximum absolute atomic E-state index is 10.9. The number of carboxylic acid groups (broad SMARTS) is 1. The van der Waals surface area contributed by atoms with Gasteiger partial charge in [-0.05, 0) is 42.8 Å². The summed E-state index contributed by atoms with van der Waals surface area (Å²) in [5.74, 6) is -0.780. The minimum atomic E-state index is -0.780. The Labute approximate surface area is 133 Å². The summed E-state index contributed by atoms with van der Waals surface area (Å²) in [5, 5.41) is 9.67. The van der Waals surface area contributed by atoms with E-state index >= 15 is 0 Å². The van der Waals surface area contributed by atoms with Gasteiger partial charge in [0.2, 0.25) is 0 Å². The van der Waals surface area contributed by atoms with Crippen molar-refractivity contribution >= 4 is 28.9 Å². The number of hydrogen-bond donors (Lipinski definition) is 1. The standard InChI is InChI=1S/C16H18ClNO2S/c1-2-9-18(11-16(19)20)10-14-7-8-15(21-14)12-3-5-13(17)6-4-12/h3-8H,2,9-11H2,1H3,(H,19,20). The summed E-state index contributed by atoms with van der Waals surface area (Å²) in [7, 11) is 0. The van der Waals surface area contributed by atoms with Crippen LogP contribution in [0.1, 0.15) is 18.2 Å². The summed E-state index contributed by atoms with van der Waals surface area (Å²) in [6.07, 6.45) is 0.947. The lowest BCUT2D eigenvalue weighted by Gasteiger charge is -2.18. The van der Waals surface area contributed by atoms with Gasteiger partial charge in [0, 0.05) is 21.3 Å². The molecular weight excluding hydrogens is 306 g/mol. The number of benzene rings is 1. The van der Waals surface area contributed by atoms with Crippen molar-refractivity contribution in [1.29, 1.82) is 0 Å². The van der Waals surface area contributed by atoms with Crippen molar-refractivity contribution in [2.45, 2.75) is 19.9 Å². The first-order valence-electron chi connectivity index (χ1n) is 6.87. The van der Waals surface area contributed by atoms with Crippen LogP contribution in [-0.4, -0.2) is 29.1 Å². The smallest absolute Gasteiger partial charge is 0.317 e. The van der Waals surface area contributed by atoms with Crippen LogP contribution in [0.5, 0.6) is 0 Å². The van der Waals surface area contributed by atoms with Crippen molar-refractivity contribution in [2.75, 3.05) is 13.1 Å². The number of carboxylic acids is 1. The van der Waals surface area contributed by atoms with Crippen molar-refractivity contribution < 1.29 is 9.90 Å². The van der Waals surface area contributed by atoms with Gasteiger partial charge >= 0.3 is 5.97 Å². The van der Waals surface area contributed by atoms with Crippen LogP contribution in [0.2, 0.25) is 5.02 Å². The monoisotopic (exact) mass is 323 g/mol. The second-order valence-corrected chi connectivity index (χ2v) is 6.48. The van der Waals surface area contributed by atoms with Crippen LogP contribution in [0.3, 0.4) is 0 Å². The van der Waals surface area contributed by atoms with E-state index in [1.807, 2.05) is 29.2 Å². The van der Waals surface area contributed by atoms with Crippen LogP contribution in [0.25, 0.3) is 10.4 Å². The Kier molecular flexibility index (Phi) is 5.79. The SMILES string of the molecule is CCCN(CC(=O)O)Cc1ccc(-c2ccc(Cl)cc2)s1. The van der Waals surface area contributed by atoms with Crippen LogP contribution in [0.15, 0.2) is 36.4 Å². The van der Waals surface area contributed by atoms with E-state index < -0.39 is 5.97 Å². The average molecular weight is 324 g/mol. The maximum atomic E-state index is 10.9. The van der Waals surface area contributed by atoms with E-state index in [-0.39, 0.29) is 6.54 Å². The average Bonchev–Trinajstić information content (AvgIpc) is 2.87. The van der Waals surface area contributed by atoms with Gasteiger partial charge in [0.25, 0.3) is 0 Å². The van der Waals surface area contributed by atoms with E-state index in [1.165, 1.54) is 9.75 Å². The minimum Gasteiger partial charge on any atom is -0.480 e. The fraction of sp³-hybridized carbons (Fsp3) is 0.312. The van der Waals surface area contributed by atoms with Gasteiger partial charge in [0.05, 0.1) is 6.54 Å². The summed E-state index contributed by atoms with van der Waals surface area (Å²) in [6, 6.07) is 11.9. The Balaban J connectivity index is 2.07. The summed E-state index contributed by atoms with van der Waals surface area (Å²) >= 11 is 7.59. The molecule has 0 bridgehead atoms. The molecule has 0 aliphatic rings. The van der Waals surface area contributed by atoms with Crippen LogP contribution < -0.4 is 0 Å². The number of rotatable bonds is 7. The van der Waals surface area contributed by atoms with Gasteiger partial charge in [-0.3, -0.25) is 9.69 Å². The molecule has 1 aromatic heterocycles. The van der Waals surface area contributed by atoms with Crippen LogP contribution in [0, 0.1) is 0 Å². The Bertz CT molecular complexity index is 595. The number of thiophene rings is 1. The van der Waals surface area contributed by atoms with E-state index in [4.69, 9.17) is 16.7 Å². The molecule has 0 saturated carbocycles. The van der Waals surface area contributed by atoms with Gasteiger partial charge in [-0.2, -0.15) is 0 Å². The molecule has 0 aliphatic heterocycles. The lowest BCUT2D eigenvalue weighted by molar-refractivity contribution is -0.138. The fourth-order valence-corrected chi connectivity index (χ4v) is 3.36. The first-order chi connectivity index (χ1) is 10.1. The summed E-state index contributed by atoms with van der Waals surface area (Å²) in [4.78, 5) is 15.2. The Morgan fingerprint density at radius 2 is 1.95 bits per heavy atom. The first kappa shape index (κ1) is 16.0. The lowest BCUT2D eigenvalue weighted by Crippen LogP contribution is -2.29. The maximum Gasteiger partial charge on any atom is 0.317 e. The second-order valence-electron chi connectivity index (χ2n) is 4.88. The highest BCUT2D eigenvalue weighted by atomic mass is 35.5. The molecule has 112 valence electrons. The molecule has 0 fully saturated rings. The number of halogens is 1. The fourth-order valence-electron chi connectivity index (χ4n) is 2.17. The van der Waals surface area contributed by atoms with E-state index in [2.05, 4.69) is 19.1 Å². The van der Waals surface area contributed by atoms with Gasteiger partial charge in [0.1, 0.15) is 0 Å². The normalized spacial score (nSPS) is 11.0. The van der Waals surface area contributed by atoms with E-state index in [0.717, 1.165) is 23.6 Å². The van der Waals surface area contributed by atoms with Crippen molar-refractivity contribution in [1.82, 2.24) is 4.90 Å². The first-order valence-corrected chi connectivity index (χ1v) is 8.06. The molecule has 0 aliphatic carbocycles. The summed E-state index contributed by atoms with van der Waals surface area (Å²) in [5.41, 5.74) is 1.14. The van der Waals surface area contributed by atoms with Gasteiger partial charge in [-0.25, -0.2) is 0 Å². The molecule has 21 heavy (non-hydrogen) atoms. The van der Waals surface area contributed by atoms with Gasteiger partial charge in [-0.1, -0.05) is 30.7 Å². The molecule has 1 N–H and O–H groups in total. The van der Waals surface area contributed by atoms with Crippen molar-refractivity contribution in [3.05, 3.63) is 46.3 Å². The zero-order valence-corrected chi connectivity index (χ0v) is 13.5. The van der Waals surface area contributed by atoms with Crippen molar-refractivity contribution in [3.8, 4) is 10.4 Å². The number of aliphatic carboxylic acids is 1. The number of hydrogen-bond acceptors (Lipinski definition) is 3. The molecule has 2 aromatic rings. The Morgan fingerprint density at radius 1 is 1.24 bits per heavy atom. The Hall–Kier alpha value is -1.36. The molecule has 0 amide bonds. The van der Waals surface area contributed by atoms with Crippen molar-refractivity contribution in [2.24, 2.45) is 0 Å². The summed E-state index contributed by atoms with van der Waals surface area (Å²) < 4.78 is 0. The third-order valence-corrected chi connectivity index (χ3v) is 4.44.